The molecule has 2 fully saturated rings. The zero-order valence-corrected chi connectivity index (χ0v) is 19.6. The van der Waals surface area contributed by atoms with Crippen molar-refractivity contribution >= 4 is 12.2 Å². The van der Waals surface area contributed by atoms with Gasteiger partial charge in [-0.05, 0) is 17.5 Å². The molecule has 1 amide bonds. The Morgan fingerprint density at radius 1 is 1.18 bits per heavy atom. The third-order valence-corrected chi connectivity index (χ3v) is 5.76. The van der Waals surface area contributed by atoms with Gasteiger partial charge in [0.05, 0.1) is 12.6 Å². The molecule has 186 valence electrons. The van der Waals surface area contributed by atoms with Gasteiger partial charge < -0.3 is 18.9 Å². The Kier molecular flexibility index (Phi) is 12.1. The number of carbonyl (C=O) groups is 1. The second kappa shape index (κ2) is 15.1. The number of azide groups is 1. The molecule has 34 heavy (non-hydrogen) atoms. The van der Waals surface area contributed by atoms with Crippen molar-refractivity contribution in [1.82, 2.24) is 4.90 Å². The molecule has 2 saturated heterocycles. The first-order chi connectivity index (χ1) is 16.6. The molecule has 2 heterocycles. The zero-order valence-electron chi connectivity index (χ0n) is 19.6. The van der Waals surface area contributed by atoms with E-state index in [0.29, 0.717) is 13.2 Å². The number of benzene rings is 1. The summed E-state index contributed by atoms with van der Waals surface area (Å²) in [5.41, 5.74) is 9.76. The lowest BCUT2D eigenvalue weighted by molar-refractivity contribution is -0.259. The molecule has 0 aromatic heterocycles. The molecule has 0 aliphatic carbocycles. The summed E-state index contributed by atoms with van der Waals surface area (Å²) < 4.78 is 23.6. The minimum atomic E-state index is -0.705. The third-order valence-electron chi connectivity index (χ3n) is 5.76. The summed E-state index contributed by atoms with van der Waals surface area (Å²) in [6, 6.07) is 9.26. The first kappa shape index (κ1) is 27.3. The maximum absolute atomic E-state index is 12.8. The molecule has 2 aliphatic heterocycles. The highest BCUT2D eigenvalue weighted by Gasteiger charge is 2.56. The lowest BCUT2D eigenvalue weighted by Gasteiger charge is -2.43. The summed E-state index contributed by atoms with van der Waals surface area (Å²) in [6.45, 7) is 3.17. The Bertz CT molecular complexity index is 828. The topological polar surface area (TPSA) is 140 Å². The molecule has 2 aliphatic rings. The van der Waals surface area contributed by atoms with Gasteiger partial charge in [-0.3, -0.25) is 4.90 Å². The second-order valence-electron chi connectivity index (χ2n) is 7.98. The first-order valence-corrected chi connectivity index (χ1v) is 11.4. The van der Waals surface area contributed by atoms with Crippen molar-refractivity contribution < 1.29 is 33.3 Å². The van der Waals surface area contributed by atoms with Gasteiger partial charge in [-0.25, -0.2) is 4.79 Å². The Morgan fingerprint density at radius 2 is 1.88 bits per heavy atom. The van der Waals surface area contributed by atoms with Crippen LogP contribution in [0.4, 0.5) is 4.79 Å². The number of hydrogen-bond donors (Lipinski definition) is 0. The molecular formula is C23H32N4O7. The van der Waals surface area contributed by atoms with Crippen LogP contribution in [0.2, 0.25) is 0 Å². The van der Waals surface area contributed by atoms with Crippen LogP contribution in [0.3, 0.4) is 0 Å². The number of fused-ring (bicyclic) bond motifs is 1. The van der Waals surface area contributed by atoms with Crippen LogP contribution in [-0.2, 0) is 35.1 Å². The number of ether oxygens (including phenoxy) is 4. The van der Waals surface area contributed by atoms with E-state index in [2.05, 4.69) is 16.9 Å². The average Bonchev–Trinajstić information content (AvgIpc) is 3.17. The molecule has 0 bridgehead atoms. The van der Waals surface area contributed by atoms with Gasteiger partial charge in [0.15, 0.2) is 12.4 Å². The van der Waals surface area contributed by atoms with Crippen LogP contribution in [0.1, 0.15) is 44.6 Å². The van der Waals surface area contributed by atoms with Gasteiger partial charge in [0.25, 0.3) is 0 Å². The Labute approximate surface area is 198 Å². The van der Waals surface area contributed by atoms with Crippen LogP contribution in [0.25, 0.3) is 10.4 Å². The van der Waals surface area contributed by atoms with Crippen molar-refractivity contribution in [3.8, 4) is 0 Å². The van der Waals surface area contributed by atoms with E-state index < -0.39 is 36.7 Å². The predicted molar refractivity (Wildman–Crippen MR) is 119 cm³/mol. The molecule has 11 heteroatoms. The lowest BCUT2D eigenvalue weighted by atomic mass is 9.95. The molecule has 0 N–H and O–H groups in total. The highest BCUT2D eigenvalue weighted by molar-refractivity contribution is 5.71. The number of methoxy groups -OCH3 is 1. The zero-order chi connectivity index (χ0) is 24.8. The van der Waals surface area contributed by atoms with Gasteiger partial charge in [-0.2, -0.15) is 9.59 Å². The van der Waals surface area contributed by atoms with Crippen molar-refractivity contribution in [1.29, 1.82) is 0 Å². The first-order valence-electron chi connectivity index (χ1n) is 11.4. The molecule has 5 unspecified atom stereocenters. The molecule has 0 saturated carbocycles. The van der Waals surface area contributed by atoms with Crippen LogP contribution >= 0.6 is 0 Å². The molecular weight excluding hydrogens is 444 g/mol. The number of carbonyl (C=O) groups excluding carboxylic acids is 3. The van der Waals surface area contributed by atoms with E-state index in [1.54, 1.807) is 4.90 Å². The Morgan fingerprint density at radius 3 is 2.53 bits per heavy atom. The molecule has 3 rings (SSSR count). The number of amides is 1. The fourth-order valence-electron chi connectivity index (χ4n) is 4.19. The van der Waals surface area contributed by atoms with Crippen molar-refractivity contribution in [2.75, 3.05) is 20.3 Å². The Hall–Kier alpha value is -2.94. The maximum atomic E-state index is 12.8. The minimum absolute atomic E-state index is 0.0797. The minimum Gasteiger partial charge on any atom is -0.441 e. The summed E-state index contributed by atoms with van der Waals surface area (Å²) in [4.78, 5) is 33.5. The molecule has 0 spiro atoms. The van der Waals surface area contributed by atoms with Crippen molar-refractivity contribution in [3.63, 3.8) is 0 Å². The molecule has 0 radical (unpaired) electrons. The van der Waals surface area contributed by atoms with E-state index in [-0.39, 0.29) is 12.7 Å². The molecule has 1 aromatic rings. The van der Waals surface area contributed by atoms with Crippen LogP contribution in [0, 0.1) is 0 Å². The third kappa shape index (κ3) is 7.55. The molecule has 1 aromatic carbocycles. The van der Waals surface area contributed by atoms with Crippen LogP contribution in [0.15, 0.2) is 35.4 Å². The maximum Gasteiger partial charge on any atom is 0.411 e. The Balaban J connectivity index is 0.00000129. The summed E-state index contributed by atoms with van der Waals surface area (Å²) in [5, 5.41) is 3.67. The highest BCUT2D eigenvalue weighted by atomic mass is 16.7. The van der Waals surface area contributed by atoms with Gasteiger partial charge >= 0.3 is 12.2 Å². The largest absolute Gasteiger partial charge is 0.441 e. The van der Waals surface area contributed by atoms with Crippen molar-refractivity contribution in [2.24, 2.45) is 5.11 Å². The van der Waals surface area contributed by atoms with Gasteiger partial charge in [0, 0.05) is 25.2 Å². The standard InChI is InChI=1S/C22H32N4O5.CO2/c1-3-4-5-6-10-13-29-19-17(14-24-25-23)30-21(28-2)18-20(19)31-22(27)26(18)15-16-11-8-7-9-12-16;2-1-3/h7-9,11-12,17-21H,3-6,10,13-15H2,1-2H3;. The SMILES string of the molecule is CCCCCCCOC1C(CN=[N+]=[N-])OC(OC)C2C1OC(=O)N2Cc1ccccc1.O=C=O. The van der Waals surface area contributed by atoms with Gasteiger partial charge in [-0.15, -0.1) is 0 Å². The predicted octanol–water partition coefficient (Wildman–Crippen LogP) is 3.83. The quantitative estimate of drug-likeness (QED) is 0.193. The summed E-state index contributed by atoms with van der Waals surface area (Å²) >= 11 is 0. The normalized spacial score (nSPS) is 25.3. The van der Waals surface area contributed by atoms with Crippen LogP contribution in [-0.4, -0.2) is 68.0 Å². The van der Waals surface area contributed by atoms with Crippen LogP contribution < -0.4 is 0 Å². The van der Waals surface area contributed by atoms with Gasteiger partial charge in [-0.1, -0.05) is 68.1 Å². The van der Waals surface area contributed by atoms with E-state index in [4.69, 9.17) is 34.1 Å². The monoisotopic (exact) mass is 476 g/mol. The van der Waals surface area contributed by atoms with E-state index >= 15 is 0 Å². The summed E-state index contributed by atoms with van der Waals surface area (Å²) in [7, 11) is 1.53. The van der Waals surface area contributed by atoms with E-state index in [1.807, 2.05) is 30.3 Å². The number of nitrogens with zero attached hydrogens (tertiary/aromatic N) is 4. The number of hydrogen-bond acceptors (Lipinski definition) is 8. The highest BCUT2D eigenvalue weighted by Crippen LogP contribution is 2.36. The fraction of sp³-hybridized carbons (Fsp3) is 0.652. The fourth-order valence-corrected chi connectivity index (χ4v) is 4.19. The van der Waals surface area contributed by atoms with E-state index in [9.17, 15) is 4.79 Å². The van der Waals surface area contributed by atoms with Crippen LogP contribution in [0.5, 0.6) is 0 Å². The lowest BCUT2D eigenvalue weighted by Crippen LogP contribution is -2.61. The number of rotatable bonds is 12. The van der Waals surface area contributed by atoms with Gasteiger partial charge in [0.2, 0.25) is 0 Å². The smallest absolute Gasteiger partial charge is 0.411 e. The summed E-state index contributed by atoms with van der Waals surface area (Å²) in [6.07, 6.45) is 3.02. The van der Waals surface area contributed by atoms with E-state index in [1.165, 1.54) is 26.4 Å². The van der Waals surface area contributed by atoms with Crippen molar-refractivity contribution in [2.45, 2.75) is 76.2 Å². The van der Waals surface area contributed by atoms with Crippen molar-refractivity contribution in [3.05, 3.63) is 46.3 Å². The molecule has 5 atom stereocenters. The number of unbranched alkanes of at least 4 members (excludes halogenated alkanes) is 4. The van der Waals surface area contributed by atoms with E-state index in [0.717, 1.165) is 18.4 Å². The summed E-state index contributed by atoms with van der Waals surface area (Å²) in [5.74, 6) is 0. The second-order valence-corrected chi connectivity index (χ2v) is 7.98. The average molecular weight is 477 g/mol. The van der Waals surface area contributed by atoms with Gasteiger partial charge in [0.1, 0.15) is 12.1 Å². The molecule has 11 nitrogen and oxygen atoms in total.